The van der Waals surface area contributed by atoms with E-state index in [-0.39, 0.29) is 24.6 Å². The Balaban J connectivity index is 1.24. The maximum atomic E-state index is 13.0. The minimum absolute atomic E-state index is 0.0141. The van der Waals surface area contributed by atoms with Crippen LogP contribution in [0.15, 0.2) is 48.9 Å². The minimum atomic E-state index is -0.636. The predicted octanol–water partition coefficient (Wildman–Crippen LogP) is 2.73. The molecule has 3 aromatic heterocycles. The van der Waals surface area contributed by atoms with E-state index in [2.05, 4.69) is 20.9 Å². The van der Waals surface area contributed by atoms with Crippen LogP contribution in [0.5, 0.6) is 0 Å². The van der Waals surface area contributed by atoms with Gasteiger partial charge in [-0.1, -0.05) is 6.07 Å². The van der Waals surface area contributed by atoms with E-state index < -0.39 is 5.60 Å². The lowest BCUT2D eigenvalue weighted by Gasteiger charge is -2.42. The molecule has 0 aromatic carbocycles. The van der Waals surface area contributed by atoms with Gasteiger partial charge in [-0.3, -0.25) is 4.79 Å². The van der Waals surface area contributed by atoms with Gasteiger partial charge in [0, 0.05) is 43.8 Å². The van der Waals surface area contributed by atoms with Gasteiger partial charge >= 0.3 is 0 Å². The highest BCUT2D eigenvalue weighted by Crippen LogP contribution is 2.34. The van der Waals surface area contributed by atoms with E-state index in [1.807, 2.05) is 53.6 Å². The summed E-state index contributed by atoms with van der Waals surface area (Å²) in [6, 6.07) is 12.2. The molecule has 0 saturated carbocycles. The quantitative estimate of drug-likeness (QED) is 0.619. The van der Waals surface area contributed by atoms with E-state index in [4.69, 9.17) is 10.00 Å². The molecule has 2 aliphatic heterocycles. The number of anilines is 1. The molecule has 2 saturated heterocycles. The van der Waals surface area contributed by atoms with Crippen molar-refractivity contribution in [2.24, 2.45) is 0 Å². The molecule has 2 fully saturated rings. The number of aromatic nitrogens is 3. The van der Waals surface area contributed by atoms with Crippen molar-refractivity contribution in [3.63, 3.8) is 0 Å². The highest BCUT2D eigenvalue weighted by atomic mass is 16.5. The zero-order valence-electron chi connectivity index (χ0n) is 18.3. The number of carbonyl (C=O) groups is 1. The second kappa shape index (κ2) is 7.92. The molecule has 32 heavy (non-hydrogen) atoms. The van der Waals surface area contributed by atoms with E-state index in [1.165, 1.54) is 0 Å². The Morgan fingerprint density at radius 2 is 1.97 bits per heavy atom. The molecular formula is C24H26N6O2. The van der Waals surface area contributed by atoms with Gasteiger partial charge in [0.2, 0.25) is 5.91 Å². The topological polar surface area (TPSA) is 86.8 Å². The maximum absolute atomic E-state index is 13.0. The van der Waals surface area contributed by atoms with E-state index in [0.29, 0.717) is 18.7 Å². The van der Waals surface area contributed by atoms with Crippen LogP contribution < -0.4 is 4.90 Å². The summed E-state index contributed by atoms with van der Waals surface area (Å²) in [6.45, 7) is 5.32. The number of piperazine rings is 1. The molecule has 8 nitrogen and oxygen atoms in total. The molecule has 2 unspecified atom stereocenters. The first kappa shape index (κ1) is 20.5. The number of ether oxygens (including phenoxy) is 1. The van der Waals surface area contributed by atoms with Crippen LogP contribution >= 0.6 is 0 Å². The number of amides is 1. The molecule has 1 amide bonds. The second-order valence-corrected chi connectivity index (χ2v) is 8.97. The minimum Gasteiger partial charge on any atom is -0.360 e. The standard InChI is InChI=1S/C24H26N6O2/c1-24(2,20-4-3-5-21-26-10-11-29(20)21)32-16-23(31)28-14-18-7-8-19(15-28)30(18)22-9-6-17(12-25)13-27-22/h3-6,9-11,13,18-19H,7-8,14-16H2,1-2H3. The van der Waals surface area contributed by atoms with Gasteiger partial charge in [0.05, 0.1) is 11.3 Å². The molecule has 8 heteroatoms. The molecule has 0 aliphatic carbocycles. The fraction of sp³-hybridized carbons (Fsp3) is 0.417. The Morgan fingerprint density at radius 1 is 1.19 bits per heavy atom. The number of fused-ring (bicyclic) bond motifs is 3. The number of pyridine rings is 2. The number of rotatable bonds is 5. The molecular weight excluding hydrogens is 404 g/mol. The van der Waals surface area contributed by atoms with Crippen LogP contribution in [0, 0.1) is 11.3 Å². The highest BCUT2D eigenvalue weighted by Gasteiger charge is 2.42. The molecule has 2 bridgehead atoms. The summed E-state index contributed by atoms with van der Waals surface area (Å²) in [7, 11) is 0. The van der Waals surface area contributed by atoms with Crippen LogP contribution in [0.2, 0.25) is 0 Å². The normalized spacial score (nSPS) is 20.5. The summed E-state index contributed by atoms with van der Waals surface area (Å²) in [5.74, 6) is 0.898. The Labute approximate surface area is 187 Å². The lowest BCUT2D eigenvalue weighted by Crippen LogP contribution is -2.56. The number of hydrogen-bond acceptors (Lipinski definition) is 6. The largest absolute Gasteiger partial charge is 0.360 e. The van der Waals surface area contributed by atoms with Crippen molar-refractivity contribution in [1.82, 2.24) is 19.3 Å². The van der Waals surface area contributed by atoms with Gasteiger partial charge in [0.15, 0.2) is 0 Å². The first-order chi connectivity index (χ1) is 15.5. The SMILES string of the molecule is CC(C)(OCC(=O)N1CC2CCC(C1)N2c1ccc(C#N)cn1)c1cccc2nccn12. The van der Waals surface area contributed by atoms with E-state index in [0.717, 1.165) is 30.0 Å². The van der Waals surface area contributed by atoms with Crippen molar-refractivity contribution in [2.45, 2.75) is 44.4 Å². The fourth-order valence-electron chi connectivity index (χ4n) is 4.93. The molecule has 0 N–H and O–H groups in total. The Morgan fingerprint density at radius 3 is 2.66 bits per heavy atom. The van der Waals surface area contributed by atoms with Crippen molar-refractivity contribution >= 4 is 17.4 Å². The molecule has 5 heterocycles. The zero-order valence-corrected chi connectivity index (χ0v) is 18.3. The van der Waals surface area contributed by atoms with Crippen LogP contribution in [0.4, 0.5) is 5.82 Å². The Bertz CT molecular complexity index is 1170. The van der Waals surface area contributed by atoms with Crippen LogP contribution in [0.3, 0.4) is 0 Å². The molecule has 2 aliphatic rings. The van der Waals surface area contributed by atoms with Crippen LogP contribution in [0.25, 0.3) is 5.65 Å². The number of imidazole rings is 1. The van der Waals surface area contributed by atoms with Crippen molar-refractivity contribution in [1.29, 1.82) is 5.26 Å². The molecule has 2 atom stereocenters. The summed E-state index contributed by atoms with van der Waals surface area (Å²) in [5.41, 5.74) is 1.73. The maximum Gasteiger partial charge on any atom is 0.248 e. The first-order valence-corrected chi connectivity index (χ1v) is 10.9. The van der Waals surface area contributed by atoms with E-state index in [1.54, 1.807) is 18.5 Å². The summed E-state index contributed by atoms with van der Waals surface area (Å²) in [5, 5.41) is 9.01. The van der Waals surface area contributed by atoms with Gasteiger partial charge in [-0.15, -0.1) is 0 Å². The van der Waals surface area contributed by atoms with Crippen LogP contribution in [-0.2, 0) is 15.1 Å². The summed E-state index contributed by atoms with van der Waals surface area (Å²) < 4.78 is 8.13. The van der Waals surface area contributed by atoms with Crippen LogP contribution in [0.1, 0.15) is 37.9 Å². The predicted molar refractivity (Wildman–Crippen MR) is 119 cm³/mol. The zero-order chi connectivity index (χ0) is 22.3. The van der Waals surface area contributed by atoms with Crippen molar-refractivity contribution in [2.75, 3.05) is 24.6 Å². The molecule has 0 radical (unpaired) electrons. The first-order valence-electron chi connectivity index (χ1n) is 10.9. The van der Waals surface area contributed by atoms with Gasteiger partial charge in [0.25, 0.3) is 0 Å². The number of carbonyl (C=O) groups excluding carboxylic acids is 1. The average Bonchev–Trinajstić information content (AvgIpc) is 3.39. The Hall–Kier alpha value is -3.44. The Kier molecular flexibility index (Phi) is 5.06. The number of nitrogens with zero attached hydrogens (tertiary/aromatic N) is 6. The number of hydrogen-bond donors (Lipinski definition) is 0. The molecule has 3 aromatic rings. The van der Waals surface area contributed by atoms with Crippen molar-refractivity contribution in [3.05, 3.63) is 60.2 Å². The molecule has 164 valence electrons. The lowest BCUT2D eigenvalue weighted by molar-refractivity contribution is -0.143. The van der Waals surface area contributed by atoms with Gasteiger partial charge < -0.3 is 18.9 Å². The monoisotopic (exact) mass is 430 g/mol. The third-order valence-electron chi connectivity index (χ3n) is 6.58. The van der Waals surface area contributed by atoms with Crippen molar-refractivity contribution in [3.8, 4) is 6.07 Å². The summed E-state index contributed by atoms with van der Waals surface area (Å²) in [4.78, 5) is 26.1. The molecule has 0 spiro atoms. The van der Waals surface area contributed by atoms with E-state index in [9.17, 15) is 4.79 Å². The van der Waals surface area contributed by atoms with Gasteiger partial charge in [0.1, 0.15) is 29.7 Å². The summed E-state index contributed by atoms with van der Waals surface area (Å²) >= 11 is 0. The van der Waals surface area contributed by atoms with Gasteiger partial charge in [-0.25, -0.2) is 9.97 Å². The highest BCUT2D eigenvalue weighted by molar-refractivity contribution is 5.78. The lowest BCUT2D eigenvalue weighted by atomic mass is 10.0. The second-order valence-electron chi connectivity index (χ2n) is 8.97. The van der Waals surface area contributed by atoms with E-state index >= 15 is 0 Å². The summed E-state index contributed by atoms with van der Waals surface area (Å²) in [6.07, 6.45) is 7.35. The third kappa shape index (κ3) is 3.59. The average molecular weight is 431 g/mol. The fourth-order valence-corrected chi connectivity index (χ4v) is 4.93. The van der Waals surface area contributed by atoms with Crippen molar-refractivity contribution < 1.29 is 9.53 Å². The smallest absolute Gasteiger partial charge is 0.248 e. The third-order valence-corrected chi connectivity index (χ3v) is 6.58. The number of nitriles is 1. The van der Waals surface area contributed by atoms with Crippen LogP contribution in [-0.4, -0.2) is 57.0 Å². The number of likely N-dealkylation sites (tertiary alicyclic amines) is 1. The van der Waals surface area contributed by atoms with Gasteiger partial charge in [-0.2, -0.15) is 5.26 Å². The van der Waals surface area contributed by atoms with Gasteiger partial charge in [-0.05, 0) is 51.0 Å². The molecule has 5 rings (SSSR count).